The van der Waals surface area contributed by atoms with Gasteiger partial charge >= 0.3 is 0 Å². The van der Waals surface area contributed by atoms with Gasteiger partial charge in [0.1, 0.15) is 0 Å². The molecule has 0 aliphatic carbocycles. The summed E-state index contributed by atoms with van der Waals surface area (Å²) in [6.45, 7) is 6.64. The first-order chi connectivity index (χ1) is 3.68. The summed E-state index contributed by atoms with van der Waals surface area (Å²) >= 11 is 0. The van der Waals surface area contributed by atoms with Crippen LogP contribution < -0.4 is 11.8 Å². The van der Waals surface area contributed by atoms with Crippen molar-refractivity contribution >= 4 is 0 Å². The van der Waals surface area contributed by atoms with Gasteiger partial charge in [-0.1, -0.05) is 27.2 Å². The minimum Gasteiger partial charge on any atom is -0.220 e. The SMILES string of the molecule is CCC(C)C.NON. The molecule has 0 aromatic rings. The second-order valence-corrected chi connectivity index (χ2v) is 1.94. The Labute approximate surface area is 50.9 Å². The first kappa shape index (κ1) is 10.8. The van der Waals surface area contributed by atoms with Crippen LogP contribution in [-0.2, 0) is 4.94 Å². The fourth-order valence-electron chi connectivity index (χ4n) is 0. The molecule has 0 radical (unpaired) electrons. The van der Waals surface area contributed by atoms with Gasteiger partial charge < -0.3 is 0 Å². The third-order valence-corrected chi connectivity index (χ3v) is 0.816. The van der Waals surface area contributed by atoms with Gasteiger partial charge in [0, 0.05) is 0 Å². The second kappa shape index (κ2) is 9.99. The summed E-state index contributed by atoms with van der Waals surface area (Å²) in [4.78, 5) is 3.25. The van der Waals surface area contributed by atoms with E-state index in [1.807, 2.05) is 0 Å². The maximum Gasteiger partial charge on any atom is -0.0474 e. The van der Waals surface area contributed by atoms with Crippen molar-refractivity contribution in [1.29, 1.82) is 0 Å². The second-order valence-electron chi connectivity index (χ2n) is 1.94. The highest BCUT2D eigenvalue weighted by Crippen LogP contribution is 1.93. The van der Waals surface area contributed by atoms with Gasteiger partial charge in [0.25, 0.3) is 0 Å². The molecule has 0 aromatic carbocycles. The highest BCUT2D eigenvalue weighted by Gasteiger charge is 1.80. The summed E-state index contributed by atoms with van der Waals surface area (Å²) in [5.74, 6) is 9.13. The monoisotopic (exact) mass is 120 g/mol. The van der Waals surface area contributed by atoms with E-state index in [0.29, 0.717) is 0 Å². The number of hydrogen-bond acceptors (Lipinski definition) is 3. The van der Waals surface area contributed by atoms with Crippen molar-refractivity contribution in [1.82, 2.24) is 0 Å². The lowest BCUT2D eigenvalue weighted by molar-refractivity contribution is 0.142. The highest BCUT2D eigenvalue weighted by atomic mass is 16.7. The van der Waals surface area contributed by atoms with Crippen molar-refractivity contribution in [2.24, 2.45) is 17.7 Å². The van der Waals surface area contributed by atoms with Gasteiger partial charge in [0.15, 0.2) is 0 Å². The van der Waals surface area contributed by atoms with E-state index in [2.05, 4.69) is 37.5 Å². The smallest absolute Gasteiger partial charge is 0.0474 e. The number of nitrogens with two attached hydrogens (primary N) is 2. The highest BCUT2D eigenvalue weighted by molar-refractivity contribution is 4.32. The predicted molar refractivity (Wildman–Crippen MR) is 34.6 cm³/mol. The molecule has 0 heterocycles. The van der Waals surface area contributed by atoms with Gasteiger partial charge in [0.2, 0.25) is 0 Å². The Morgan fingerprint density at radius 2 is 1.50 bits per heavy atom. The van der Waals surface area contributed by atoms with Gasteiger partial charge in [-0.05, 0) is 5.92 Å². The minimum absolute atomic E-state index is 0.884. The third-order valence-electron chi connectivity index (χ3n) is 0.816. The van der Waals surface area contributed by atoms with Crippen LogP contribution in [0.15, 0.2) is 0 Å². The van der Waals surface area contributed by atoms with Crippen molar-refractivity contribution in [3.8, 4) is 0 Å². The Balaban J connectivity index is 0. The standard InChI is InChI=1S/C5H12.H4N2O/c1-4-5(2)3;1-3-2/h5H,4H2,1-3H3;1-2H2. The Kier molecular flexibility index (Phi) is 13.5. The summed E-state index contributed by atoms with van der Waals surface area (Å²) < 4.78 is 0. The van der Waals surface area contributed by atoms with E-state index in [1.165, 1.54) is 6.42 Å². The maximum absolute atomic E-state index is 4.12. The molecule has 0 aromatic heterocycles. The average Bonchev–Trinajstić information content (AvgIpc) is 1.69. The fraction of sp³-hybridized carbons (Fsp3) is 1.00. The first-order valence-electron chi connectivity index (χ1n) is 2.74. The van der Waals surface area contributed by atoms with Crippen LogP contribution in [0.2, 0.25) is 0 Å². The third kappa shape index (κ3) is 39.6. The predicted octanol–water partition coefficient (Wildman–Crippen LogP) is 0.803. The van der Waals surface area contributed by atoms with E-state index in [4.69, 9.17) is 0 Å². The maximum atomic E-state index is 4.12. The van der Waals surface area contributed by atoms with Crippen molar-refractivity contribution in [2.75, 3.05) is 0 Å². The van der Waals surface area contributed by atoms with E-state index in [0.717, 1.165) is 5.92 Å². The normalized spacial score (nSPS) is 8.25. The number of hydrogen-bond donors (Lipinski definition) is 2. The fourth-order valence-corrected chi connectivity index (χ4v) is 0. The summed E-state index contributed by atoms with van der Waals surface area (Å²) in [6.07, 6.45) is 1.31. The van der Waals surface area contributed by atoms with Crippen LogP contribution in [0.25, 0.3) is 0 Å². The van der Waals surface area contributed by atoms with Gasteiger partial charge in [-0.2, -0.15) is 11.8 Å². The van der Waals surface area contributed by atoms with Gasteiger partial charge in [-0.15, -0.1) is 0 Å². The molecule has 8 heavy (non-hydrogen) atoms. The van der Waals surface area contributed by atoms with Crippen LogP contribution in [0.1, 0.15) is 27.2 Å². The first-order valence-corrected chi connectivity index (χ1v) is 2.74. The number of rotatable bonds is 1. The van der Waals surface area contributed by atoms with Crippen LogP contribution >= 0.6 is 0 Å². The Morgan fingerprint density at radius 3 is 1.50 bits per heavy atom. The molecule has 3 heteroatoms. The van der Waals surface area contributed by atoms with Crippen LogP contribution in [0.5, 0.6) is 0 Å². The zero-order valence-electron chi connectivity index (χ0n) is 5.85. The molecule has 0 unspecified atom stereocenters. The van der Waals surface area contributed by atoms with Crippen molar-refractivity contribution < 1.29 is 4.94 Å². The molecule has 0 saturated carbocycles. The summed E-state index contributed by atoms with van der Waals surface area (Å²) in [6, 6.07) is 0. The Hall–Kier alpha value is -0.120. The Morgan fingerprint density at radius 1 is 1.38 bits per heavy atom. The molecule has 0 aliphatic rings. The molecule has 0 bridgehead atoms. The van der Waals surface area contributed by atoms with Gasteiger partial charge in [-0.25, -0.2) is 4.94 Å². The van der Waals surface area contributed by atoms with Crippen LogP contribution in [0.4, 0.5) is 0 Å². The molecule has 0 amide bonds. The lowest BCUT2D eigenvalue weighted by atomic mass is 10.2. The van der Waals surface area contributed by atoms with E-state index in [-0.39, 0.29) is 0 Å². The summed E-state index contributed by atoms with van der Waals surface area (Å²) in [7, 11) is 0. The molecule has 3 nitrogen and oxygen atoms in total. The van der Waals surface area contributed by atoms with Crippen LogP contribution in [0.3, 0.4) is 0 Å². The zero-order chi connectivity index (χ0) is 6.99. The van der Waals surface area contributed by atoms with Crippen molar-refractivity contribution in [3.05, 3.63) is 0 Å². The molecule has 0 rings (SSSR count). The van der Waals surface area contributed by atoms with Gasteiger partial charge in [0.05, 0.1) is 0 Å². The minimum atomic E-state index is 0.884. The topological polar surface area (TPSA) is 61.3 Å². The molecule has 0 spiro atoms. The lowest BCUT2D eigenvalue weighted by Crippen LogP contribution is -2.03. The molecule has 4 N–H and O–H groups in total. The van der Waals surface area contributed by atoms with E-state index >= 15 is 0 Å². The lowest BCUT2D eigenvalue weighted by Gasteiger charge is -1.90. The summed E-state index contributed by atoms with van der Waals surface area (Å²) in [5.41, 5.74) is 0. The van der Waals surface area contributed by atoms with E-state index < -0.39 is 0 Å². The van der Waals surface area contributed by atoms with Crippen molar-refractivity contribution in [2.45, 2.75) is 27.2 Å². The van der Waals surface area contributed by atoms with Crippen LogP contribution in [0, 0.1) is 5.92 Å². The zero-order valence-corrected chi connectivity index (χ0v) is 5.85. The van der Waals surface area contributed by atoms with E-state index in [1.54, 1.807) is 0 Å². The van der Waals surface area contributed by atoms with E-state index in [9.17, 15) is 0 Å². The summed E-state index contributed by atoms with van der Waals surface area (Å²) in [5, 5.41) is 0. The van der Waals surface area contributed by atoms with Gasteiger partial charge in [-0.3, -0.25) is 0 Å². The molecule has 0 aliphatic heterocycles. The molecule has 0 fully saturated rings. The Bertz CT molecular complexity index is 31.6. The molecule has 0 saturated heterocycles. The molecular formula is C5H16N2O. The largest absolute Gasteiger partial charge is 0.220 e. The quantitative estimate of drug-likeness (QED) is 0.503. The van der Waals surface area contributed by atoms with Crippen LogP contribution in [-0.4, -0.2) is 0 Å². The molecule has 52 valence electrons. The van der Waals surface area contributed by atoms with Crippen molar-refractivity contribution in [3.63, 3.8) is 0 Å². The average molecular weight is 120 g/mol. The molecular weight excluding hydrogens is 104 g/mol. The molecule has 0 atom stereocenters.